The van der Waals surface area contributed by atoms with Gasteiger partial charge in [0, 0.05) is 17.8 Å². The van der Waals surface area contributed by atoms with Crippen LogP contribution in [-0.2, 0) is 10.0 Å². The van der Waals surface area contributed by atoms with E-state index >= 15 is 0 Å². The first-order valence-electron chi connectivity index (χ1n) is 5.31. The molecule has 0 bridgehead atoms. The lowest BCUT2D eigenvalue weighted by Crippen LogP contribution is -2.27. The van der Waals surface area contributed by atoms with Gasteiger partial charge >= 0.3 is 0 Å². The largest absolute Gasteiger partial charge is 0.384 e. The van der Waals surface area contributed by atoms with Gasteiger partial charge < -0.3 is 11.1 Å². The lowest BCUT2D eigenvalue weighted by Gasteiger charge is -2.06. The first-order valence-corrected chi connectivity index (χ1v) is 7.02. The Hall–Kier alpha value is -1.67. The summed E-state index contributed by atoms with van der Waals surface area (Å²) >= 11 is 0. The predicted molar refractivity (Wildman–Crippen MR) is 68.3 cm³/mol. The van der Waals surface area contributed by atoms with E-state index in [1.165, 1.54) is 6.07 Å². The van der Waals surface area contributed by atoms with Crippen molar-refractivity contribution in [2.24, 2.45) is 5.14 Å². The number of nitrogens with zero attached hydrogens (tertiary/aromatic N) is 1. The lowest BCUT2D eigenvalue weighted by atomic mass is 10.2. The highest BCUT2D eigenvalue weighted by atomic mass is 32.2. The van der Waals surface area contributed by atoms with Crippen LogP contribution in [0.25, 0.3) is 0 Å². The number of carbonyl (C=O) groups is 1. The number of nitrogens with two attached hydrogens (primary N) is 2. The predicted octanol–water partition coefficient (Wildman–Crippen LogP) is -0.619. The third kappa shape index (κ3) is 5.11. The van der Waals surface area contributed by atoms with E-state index in [0.717, 1.165) is 0 Å². The minimum atomic E-state index is -3.48. The molecule has 1 rings (SSSR count). The number of nitrogen functional groups attached to an aromatic ring is 1. The number of pyridine rings is 1. The van der Waals surface area contributed by atoms with Gasteiger partial charge in [-0.25, -0.2) is 18.5 Å². The number of primary sulfonamides is 1. The van der Waals surface area contributed by atoms with Gasteiger partial charge in [0.05, 0.1) is 5.75 Å². The van der Waals surface area contributed by atoms with Crippen molar-refractivity contribution in [3.63, 3.8) is 0 Å². The molecule has 1 heterocycles. The summed E-state index contributed by atoms with van der Waals surface area (Å²) in [5, 5.41) is 7.42. The molecule has 0 atom stereocenters. The van der Waals surface area contributed by atoms with Gasteiger partial charge in [-0.3, -0.25) is 4.79 Å². The van der Waals surface area contributed by atoms with Crippen LogP contribution in [0.1, 0.15) is 22.5 Å². The Labute approximate surface area is 106 Å². The molecule has 0 aliphatic heterocycles. The Morgan fingerprint density at radius 1 is 1.44 bits per heavy atom. The molecule has 8 heteroatoms. The molecule has 0 saturated carbocycles. The van der Waals surface area contributed by atoms with Gasteiger partial charge in [0.1, 0.15) is 5.82 Å². The van der Waals surface area contributed by atoms with Gasteiger partial charge in [-0.15, -0.1) is 0 Å². The number of sulfonamides is 1. The molecule has 0 unspecified atom stereocenters. The summed E-state index contributed by atoms with van der Waals surface area (Å²) in [5.41, 5.74) is 6.56. The van der Waals surface area contributed by atoms with Crippen molar-refractivity contribution in [1.82, 2.24) is 10.3 Å². The molecule has 7 nitrogen and oxygen atoms in total. The Morgan fingerprint density at radius 3 is 2.67 bits per heavy atom. The second-order valence-corrected chi connectivity index (χ2v) is 5.63. The Bertz CT molecular complexity index is 522. The standard InChI is InChI=1S/C10H16N4O3S/c1-7-5-8(6-9(11)14-7)10(15)13-3-2-4-18(12,16)17/h5-6H,2-4H2,1H3,(H2,11,14)(H,13,15)(H2,12,16,17). The Kier molecular flexibility index (Phi) is 4.62. The first kappa shape index (κ1) is 14.4. The highest BCUT2D eigenvalue weighted by Gasteiger charge is 2.08. The molecule has 0 fully saturated rings. The normalized spacial score (nSPS) is 11.2. The fourth-order valence-corrected chi connectivity index (χ4v) is 1.95. The van der Waals surface area contributed by atoms with Crippen LogP contribution in [-0.4, -0.2) is 31.6 Å². The number of carbonyl (C=O) groups excluding carboxylic acids is 1. The molecule has 0 aliphatic carbocycles. The van der Waals surface area contributed by atoms with Crippen LogP contribution >= 0.6 is 0 Å². The first-order chi connectivity index (χ1) is 8.28. The van der Waals surface area contributed by atoms with Crippen LogP contribution in [0.2, 0.25) is 0 Å². The van der Waals surface area contributed by atoms with E-state index in [1.54, 1.807) is 13.0 Å². The minimum Gasteiger partial charge on any atom is -0.384 e. The van der Waals surface area contributed by atoms with E-state index < -0.39 is 10.0 Å². The molecule has 1 aromatic heterocycles. The number of anilines is 1. The SMILES string of the molecule is Cc1cc(C(=O)NCCCS(N)(=O)=O)cc(N)n1. The van der Waals surface area contributed by atoms with E-state index in [-0.39, 0.29) is 30.4 Å². The zero-order valence-electron chi connectivity index (χ0n) is 10.0. The zero-order chi connectivity index (χ0) is 13.8. The number of rotatable bonds is 5. The van der Waals surface area contributed by atoms with Crippen LogP contribution in [0.3, 0.4) is 0 Å². The number of hydrogen-bond acceptors (Lipinski definition) is 5. The Balaban J connectivity index is 2.51. The van der Waals surface area contributed by atoms with E-state index in [2.05, 4.69) is 10.3 Å². The molecule has 5 N–H and O–H groups in total. The van der Waals surface area contributed by atoms with E-state index in [0.29, 0.717) is 11.3 Å². The van der Waals surface area contributed by atoms with Gasteiger partial charge in [-0.1, -0.05) is 0 Å². The van der Waals surface area contributed by atoms with Crippen molar-refractivity contribution < 1.29 is 13.2 Å². The van der Waals surface area contributed by atoms with Gasteiger partial charge in [0.25, 0.3) is 5.91 Å². The molecular weight excluding hydrogens is 256 g/mol. The van der Waals surface area contributed by atoms with E-state index in [9.17, 15) is 13.2 Å². The molecule has 100 valence electrons. The van der Waals surface area contributed by atoms with Crippen LogP contribution in [0.15, 0.2) is 12.1 Å². The van der Waals surface area contributed by atoms with Crippen molar-refractivity contribution in [3.05, 3.63) is 23.4 Å². The zero-order valence-corrected chi connectivity index (χ0v) is 10.8. The Morgan fingerprint density at radius 2 is 2.11 bits per heavy atom. The van der Waals surface area contributed by atoms with Gasteiger partial charge in [0.15, 0.2) is 0 Å². The summed E-state index contributed by atoms with van der Waals surface area (Å²) in [6.45, 7) is 1.96. The summed E-state index contributed by atoms with van der Waals surface area (Å²) in [7, 11) is -3.48. The van der Waals surface area contributed by atoms with Crippen molar-refractivity contribution in [2.75, 3.05) is 18.0 Å². The summed E-state index contributed by atoms with van der Waals surface area (Å²) in [4.78, 5) is 15.6. The molecule has 0 saturated heterocycles. The van der Waals surface area contributed by atoms with Crippen LogP contribution < -0.4 is 16.2 Å². The fourth-order valence-electron chi connectivity index (χ4n) is 1.40. The van der Waals surface area contributed by atoms with Crippen LogP contribution in [0, 0.1) is 6.92 Å². The van der Waals surface area contributed by atoms with E-state index in [1.807, 2.05) is 0 Å². The topological polar surface area (TPSA) is 128 Å². The third-order valence-corrected chi connectivity index (χ3v) is 2.98. The minimum absolute atomic E-state index is 0.162. The second-order valence-electron chi connectivity index (χ2n) is 3.90. The average molecular weight is 272 g/mol. The van der Waals surface area contributed by atoms with Crippen LogP contribution in [0.4, 0.5) is 5.82 Å². The number of amides is 1. The number of aromatic nitrogens is 1. The lowest BCUT2D eigenvalue weighted by molar-refractivity contribution is 0.0953. The molecule has 0 radical (unpaired) electrons. The highest BCUT2D eigenvalue weighted by Crippen LogP contribution is 2.06. The summed E-state index contributed by atoms with van der Waals surface area (Å²) in [6, 6.07) is 3.06. The van der Waals surface area contributed by atoms with Gasteiger partial charge in [0.2, 0.25) is 10.0 Å². The molecule has 0 aliphatic rings. The smallest absolute Gasteiger partial charge is 0.251 e. The van der Waals surface area contributed by atoms with Crippen molar-refractivity contribution in [3.8, 4) is 0 Å². The highest BCUT2D eigenvalue weighted by molar-refractivity contribution is 7.89. The van der Waals surface area contributed by atoms with Gasteiger partial charge in [-0.05, 0) is 25.5 Å². The summed E-state index contributed by atoms with van der Waals surface area (Å²) < 4.78 is 21.4. The third-order valence-electron chi connectivity index (χ3n) is 2.13. The van der Waals surface area contributed by atoms with Crippen molar-refractivity contribution >= 4 is 21.7 Å². The van der Waals surface area contributed by atoms with Crippen molar-refractivity contribution in [1.29, 1.82) is 0 Å². The average Bonchev–Trinajstić information content (AvgIpc) is 2.21. The molecule has 1 amide bonds. The number of aryl methyl sites for hydroxylation is 1. The summed E-state index contributed by atoms with van der Waals surface area (Å²) in [6.07, 6.45) is 0.268. The quantitative estimate of drug-likeness (QED) is 0.615. The monoisotopic (exact) mass is 272 g/mol. The fraction of sp³-hybridized carbons (Fsp3) is 0.400. The molecular formula is C10H16N4O3S. The molecule has 0 aromatic carbocycles. The maximum absolute atomic E-state index is 11.7. The van der Waals surface area contributed by atoms with Crippen molar-refractivity contribution in [2.45, 2.75) is 13.3 Å². The maximum Gasteiger partial charge on any atom is 0.251 e. The maximum atomic E-state index is 11.7. The van der Waals surface area contributed by atoms with E-state index in [4.69, 9.17) is 10.9 Å². The molecule has 0 spiro atoms. The second kappa shape index (κ2) is 5.78. The molecule has 1 aromatic rings. The summed E-state index contributed by atoms with van der Waals surface area (Å²) in [5.74, 6) is -0.212. The van der Waals surface area contributed by atoms with Crippen LogP contribution in [0.5, 0.6) is 0 Å². The number of hydrogen-bond donors (Lipinski definition) is 3. The molecule has 18 heavy (non-hydrogen) atoms. The van der Waals surface area contributed by atoms with Gasteiger partial charge in [-0.2, -0.15) is 0 Å². The number of nitrogens with one attached hydrogen (secondary N) is 1.